The largest absolute Gasteiger partial charge is 0.488 e. The molecular weight excluding hydrogens is 457 g/mol. The van der Waals surface area contributed by atoms with E-state index in [1.807, 2.05) is 60.7 Å². The van der Waals surface area contributed by atoms with Gasteiger partial charge < -0.3 is 9.47 Å². The molecule has 0 aliphatic heterocycles. The lowest BCUT2D eigenvalue weighted by Gasteiger charge is -2.12. The molecule has 0 unspecified atom stereocenters. The van der Waals surface area contributed by atoms with E-state index in [9.17, 15) is 9.18 Å². The summed E-state index contributed by atoms with van der Waals surface area (Å²) in [6.45, 7) is 0.0508. The van der Waals surface area contributed by atoms with E-state index in [-0.39, 0.29) is 19.0 Å². The van der Waals surface area contributed by atoms with Crippen LogP contribution < -0.4 is 14.9 Å². The third-order valence-corrected chi connectivity index (χ3v) is 5.58. The average molecular weight is 480 g/mol. The number of halogens is 1. The molecule has 7 heteroatoms. The van der Waals surface area contributed by atoms with Crippen LogP contribution in [0.15, 0.2) is 102 Å². The SMILES string of the molecule is O=C(COc1cccc2cccnc12)N/N=C/c1c(OCc2ccc(F)cc2)ccc2ccccc12. The van der Waals surface area contributed by atoms with Crippen molar-refractivity contribution < 1.29 is 18.7 Å². The summed E-state index contributed by atoms with van der Waals surface area (Å²) >= 11 is 0. The first-order valence-electron chi connectivity index (χ1n) is 11.3. The zero-order valence-electron chi connectivity index (χ0n) is 19.2. The van der Waals surface area contributed by atoms with Crippen LogP contribution in [0, 0.1) is 5.82 Å². The number of aromatic nitrogens is 1. The summed E-state index contributed by atoms with van der Waals surface area (Å²) in [6, 6.07) is 27.1. The highest BCUT2D eigenvalue weighted by Crippen LogP contribution is 2.27. The van der Waals surface area contributed by atoms with Gasteiger partial charge in [0.2, 0.25) is 0 Å². The van der Waals surface area contributed by atoms with Crippen LogP contribution in [0.1, 0.15) is 11.1 Å². The maximum absolute atomic E-state index is 13.2. The van der Waals surface area contributed by atoms with Crippen molar-refractivity contribution in [2.45, 2.75) is 6.61 Å². The van der Waals surface area contributed by atoms with E-state index in [1.165, 1.54) is 12.1 Å². The Bertz CT molecular complexity index is 1550. The van der Waals surface area contributed by atoms with Crippen molar-refractivity contribution in [1.82, 2.24) is 10.4 Å². The minimum Gasteiger partial charge on any atom is -0.488 e. The maximum atomic E-state index is 13.2. The zero-order chi connectivity index (χ0) is 24.7. The molecule has 36 heavy (non-hydrogen) atoms. The van der Waals surface area contributed by atoms with Crippen molar-refractivity contribution >= 4 is 33.8 Å². The van der Waals surface area contributed by atoms with E-state index in [0.29, 0.717) is 17.0 Å². The van der Waals surface area contributed by atoms with Crippen molar-refractivity contribution in [3.8, 4) is 11.5 Å². The third kappa shape index (κ3) is 5.31. The Hall–Kier alpha value is -4.78. The van der Waals surface area contributed by atoms with Crippen LogP contribution in [0.4, 0.5) is 4.39 Å². The van der Waals surface area contributed by atoms with E-state index < -0.39 is 5.91 Å². The molecule has 4 aromatic carbocycles. The predicted octanol–water partition coefficient (Wildman–Crippen LogP) is 5.64. The Morgan fingerprint density at radius 2 is 1.67 bits per heavy atom. The highest BCUT2D eigenvalue weighted by atomic mass is 19.1. The molecule has 6 nitrogen and oxygen atoms in total. The zero-order valence-corrected chi connectivity index (χ0v) is 19.2. The molecule has 5 aromatic rings. The number of para-hydroxylation sites is 1. The topological polar surface area (TPSA) is 72.8 Å². The number of hydrazone groups is 1. The first-order chi connectivity index (χ1) is 17.7. The molecule has 0 aliphatic carbocycles. The molecule has 0 spiro atoms. The molecule has 0 saturated heterocycles. The van der Waals surface area contributed by atoms with Gasteiger partial charge in [-0.1, -0.05) is 60.7 Å². The molecule has 178 valence electrons. The van der Waals surface area contributed by atoms with E-state index in [0.717, 1.165) is 27.3 Å². The number of benzene rings is 4. The van der Waals surface area contributed by atoms with Gasteiger partial charge in [0.15, 0.2) is 6.61 Å². The number of hydrogen-bond donors (Lipinski definition) is 1. The van der Waals surface area contributed by atoms with Gasteiger partial charge in [-0.05, 0) is 46.7 Å². The van der Waals surface area contributed by atoms with Crippen molar-refractivity contribution in [3.05, 3.63) is 114 Å². The fourth-order valence-corrected chi connectivity index (χ4v) is 3.81. The first kappa shape index (κ1) is 23.0. The number of nitrogens with zero attached hydrogens (tertiary/aromatic N) is 2. The standard InChI is InChI=1S/C29H22FN3O3/c30-23-13-10-20(11-14-23)18-35-26-15-12-21-5-1-2-8-24(21)25(26)17-32-33-28(34)19-36-27-9-3-6-22-7-4-16-31-29(22)27/h1-17H,18-19H2,(H,33,34)/b32-17+. The van der Waals surface area contributed by atoms with Crippen LogP contribution in [0.5, 0.6) is 11.5 Å². The molecule has 0 bridgehead atoms. The van der Waals surface area contributed by atoms with Gasteiger partial charge in [0.05, 0.1) is 6.21 Å². The molecule has 0 aliphatic rings. The third-order valence-electron chi connectivity index (χ3n) is 5.58. The molecule has 1 heterocycles. The molecule has 0 radical (unpaired) electrons. The fraction of sp³-hybridized carbons (Fsp3) is 0.0690. The van der Waals surface area contributed by atoms with Gasteiger partial charge in [-0.2, -0.15) is 5.10 Å². The highest BCUT2D eigenvalue weighted by Gasteiger charge is 2.09. The number of fused-ring (bicyclic) bond motifs is 2. The lowest BCUT2D eigenvalue weighted by molar-refractivity contribution is -0.123. The maximum Gasteiger partial charge on any atom is 0.277 e. The smallest absolute Gasteiger partial charge is 0.277 e. The second-order valence-electron chi connectivity index (χ2n) is 8.03. The molecule has 0 saturated carbocycles. The summed E-state index contributed by atoms with van der Waals surface area (Å²) < 4.78 is 24.9. The summed E-state index contributed by atoms with van der Waals surface area (Å²) in [5, 5.41) is 7.00. The molecule has 5 rings (SSSR count). The van der Waals surface area contributed by atoms with Crippen molar-refractivity contribution in [2.24, 2.45) is 5.10 Å². The molecule has 0 fully saturated rings. The van der Waals surface area contributed by atoms with Gasteiger partial charge in [0.1, 0.15) is 29.4 Å². The van der Waals surface area contributed by atoms with Crippen LogP contribution in [0.2, 0.25) is 0 Å². The van der Waals surface area contributed by atoms with Gasteiger partial charge in [0.25, 0.3) is 5.91 Å². The summed E-state index contributed by atoms with van der Waals surface area (Å²) in [5.41, 5.74) is 4.75. The summed E-state index contributed by atoms with van der Waals surface area (Å²) in [6.07, 6.45) is 3.24. The van der Waals surface area contributed by atoms with Crippen LogP contribution in [0.3, 0.4) is 0 Å². The second-order valence-corrected chi connectivity index (χ2v) is 8.03. The highest BCUT2D eigenvalue weighted by molar-refractivity contribution is 6.02. The van der Waals surface area contributed by atoms with E-state index in [2.05, 4.69) is 15.5 Å². The van der Waals surface area contributed by atoms with Gasteiger partial charge in [-0.25, -0.2) is 9.82 Å². The van der Waals surface area contributed by atoms with Crippen molar-refractivity contribution in [1.29, 1.82) is 0 Å². The monoisotopic (exact) mass is 479 g/mol. The van der Waals surface area contributed by atoms with Crippen LogP contribution in [-0.2, 0) is 11.4 Å². The lowest BCUT2D eigenvalue weighted by Crippen LogP contribution is -2.24. The molecule has 1 amide bonds. The molecule has 0 atom stereocenters. The number of ether oxygens (including phenoxy) is 2. The number of pyridine rings is 1. The Morgan fingerprint density at radius 1 is 0.861 bits per heavy atom. The molecular formula is C29H22FN3O3. The number of hydrogen-bond acceptors (Lipinski definition) is 5. The molecule has 1 N–H and O–H groups in total. The van der Waals surface area contributed by atoms with Gasteiger partial charge in [-0.15, -0.1) is 0 Å². The average Bonchev–Trinajstić information content (AvgIpc) is 2.92. The summed E-state index contributed by atoms with van der Waals surface area (Å²) in [5.74, 6) is 0.411. The number of nitrogens with one attached hydrogen (secondary N) is 1. The number of amides is 1. The quantitative estimate of drug-likeness (QED) is 0.231. The van der Waals surface area contributed by atoms with Crippen LogP contribution in [-0.4, -0.2) is 23.7 Å². The van der Waals surface area contributed by atoms with Gasteiger partial charge >= 0.3 is 0 Å². The minimum atomic E-state index is -0.409. The number of rotatable bonds is 8. The van der Waals surface area contributed by atoms with E-state index in [1.54, 1.807) is 30.6 Å². The predicted molar refractivity (Wildman–Crippen MR) is 138 cm³/mol. The Balaban J connectivity index is 1.29. The lowest BCUT2D eigenvalue weighted by atomic mass is 10.0. The minimum absolute atomic E-state index is 0.212. The Kier molecular flexibility index (Phi) is 6.80. The van der Waals surface area contributed by atoms with E-state index >= 15 is 0 Å². The second kappa shape index (κ2) is 10.7. The summed E-state index contributed by atoms with van der Waals surface area (Å²) in [4.78, 5) is 16.7. The van der Waals surface area contributed by atoms with Gasteiger partial charge in [0, 0.05) is 17.1 Å². The van der Waals surface area contributed by atoms with Crippen LogP contribution in [0.25, 0.3) is 21.7 Å². The normalized spacial score (nSPS) is 11.1. The first-order valence-corrected chi connectivity index (χ1v) is 11.3. The van der Waals surface area contributed by atoms with Crippen molar-refractivity contribution in [2.75, 3.05) is 6.61 Å². The number of carbonyl (C=O) groups is 1. The van der Waals surface area contributed by atoms with Crippen LogP contribution >= 0.6 is 0 Å². The van der Waals surface area contributed by atoms with E-state index in [4.69, 9.17) is 9.47 Å². The molecule has 1 aromatic heterocycles. The Morgan fingerprint density at radius 3 is 2.56 bits per heavy atom. The fourth-order valence-electron chi connectivity index (χ4n) is 3.81. The summed E-state index contributed by atoms with van der Waals surface area (Å²) in [7, 11) is 0. The number of carbonyl (C=O) groups excluding carboxylic acids is 1. The Labute approximate surface area is 207 Å². The van der Waals surface area contributed by atoms with Crippen molar-refractivity contribution in [3.63, 3.8) is 0 Å². The van der Waals surface area contributed by atoms with Gasteiger partial charge in [-0.3, -0.25) is 9.78 Å².